The number of phenolic OH excluding ortho intramolecular Hbond substituents is 1. The highest BCUT2D eigenvalue weighted by atomic mass is 16.3. The van der Waals surface area contributed by atoms with Crippen molar-refractivity contribution in [3.05, 3.63) is 53.1 Å². The van der Waals surface area contributed by atoms with Gasteiger partial charge in [-0.1, -0.05) is 57.2 Å². The number of phenols is 1. The first-order valence-electron chi connectivity index (χ1n) is 7.14. The fourth-order valence-electron chi connectivity index (χ4n) is 2.56. The highest BCUT2D eigenvalue weighted by Gasteiger charge is 2.11. The van der Waals surface area contributed by atoms with E-state index in [1.807, 2.05) is 6.07 Å². The number of aryl methyl sites for hydroxylation is 2. The Hall–Kier alpha value is -1.76. The molecule has 2 aromatic rings. The zero-order valence-electron chi connectivity index (χ0n) is 12.0. The van der Waals surface area contributed by atoms with Crippen LogP contribution in [0.25, 0.3) is 11.1 Å². The van der Waals surface area contributed by atoms with Gasteiger partial charge < -0.3 is 5.11 Å². The van der Waals surface area contributed by atoms with E-state index in [0.717, 1.165) is 36.0 Å². The van der Waals surface area contributed by atoms with Crippen molar-refractivity contribution in [1.29, 1.82) is 0 Å². The second-order valence-electron chi connectivity index (χ2n) is 4.86. The number of rotatable bonds is 4. The zero-order valence-corrected chi connectivity index (χ0v) is 12.0. The second kappa shape index (κ2) is 5.92. The van der Waals surface area contributed by atoms with Gasteiger partial charge in [-0.2, -0.15) is 0 Å². The van der Waals surface area contributed by atoms with E-state index in [0.29, 0.717) is 5.75 Å². The SMILES string of the molecule is CCc1cccc(-c2ccc(CC)c(O)c2CC)c1. The van der Waals surface area contributed by atoms with Crippen LogP contribution in [0.15, 0.2) is 36.4 Å². The molecule has 0 fully saturated rings. The molecule has 0 heterocycles. The van der Waals surface area contributed by atoms with Crippen LogP contribution in [0.5, 0.6) is 5.75 Å². The quantitative estimate of drug-likeness (QED) is 0.835. The summed E-state index contributed by atoms with van der Waals surface area (Å²) >= 11 is 0. The maximum Gasteiger partial charge on any atom is 0.122 e. The average molecular weight is 254 g/mol. The molecule has 0 aliphatic heterocycles. The van der Waals surface area contributed by atoms with Crippen LogP contribution in [-0.4, -0.2) is 5.11 Å². The van der Waals surface area contributed by atoms with Crippen LogP contribution in [0.3, 0.4) is 0 Å². The van der Waals surface area contributed by atoms with Gasteiger partial charge in [0.1, 0.15) is 5.75 Å². The molecule has 0 spiro atoms. The minimum absolute atomic E-state index is 0.476. The van der Waals surface area contributed by atoms with Crippen LogP contribution < -0.4 is 0 Å². The van der Waals surface area contributed by atoms with E-state index in [2.05, 4.69) is 51.1 Å². The molecule has 2 aromatic carbocycles. The van der Waals surface area contributed by atoms with Crippen LogP contribution in [0.1, 0.15) is 37.5 Å². The normalized spacial score (nSPS) is 10.7. The molecule has 2 rings (SSSR count). The molecular weight excluding hydrogens is 232 g/mol. The minimum atomic E-state index is 0.476. The van der Waals surface area contributed by atoms with Crippen LogP contribution in [0, 0.1) is 0 Å². The number of hydrogen-bond donors (Lipinski definition) is 1. The summed E-state index contributed by atoms with van der Waals surface area (Å²) < 4.78 is 0. The molecule has 100 valence electrons. The molecule has 0 bridgehead atoms. The Bertz CT molecular complexity index is 570. The lowest BCUT2D eigenvalue weighted by Crippen LogP contribution is -1.93. The van der Waals surface area contributed by atoms with Crippen molar-refractivity contribution in [2.24, 2.45) is 0 Å². The van der Waals surface area contributed by atoms with E-state index in [-0.39, 0.29) is 0 Å². The van der Waals surface area contributed by atoms with Crippen molar-refractivity contribution < 1.29 is 5.11 Å². The Morgan fingerprint density at radius 1 is 0.895 bits per heavy atom. The molecule has 0 unspecified atom stereocenters. The van der Waals surface area contributed by atoms with Crippen LogP contribution in [-0.2, 0) is 19.3 Å². The summed E-state index contributed by atoms with van der Waals surface area (Å²) in [4.78, 5) is 0. The van der Waals surface area contributed by atoms with Gasteiger partial charge >= 0.3 is 0 Å². The molecule has 0 radical (unpaired) electrons. The van der Waals surface area contributed by atoms with Gasteiger partial charge in [-0.05, 0) is 41.5 Å². The van der Waals surface area contributed by atoms with E-state index in [4.69, 9.17) is 0 Å². The summed E-state index contributed by atoms with van der Waals surface area (Å²) in [5.41, 5.74) is 5.79. The third-order valence-electron chi connectivity index (χ3n) is 3.75. The lowest BCUT2D eigenvalue weighted by atomic mass is 9.93. The third-order valence-corrected chi connectivity index (χ3v) is 3.75. The summed E-state index contributed by atoms with van der Waals surface area (Å²) in [5, 5.41) is 10.4. The van der Waals surface area contributed by atoms with Crippen molar-refractivity contribution >= 4 is 0 Å². The predicted octanol–water partition coefficient (Wildman–Crippen LogP) is 4.75. The van der Waals surface area contributed by atoms with Crippen LogP contribution >= 0.6 is 0 Å². The average Bonchev–Trinajstić information content (AvgIpc) is 2.47. The second-order valence-corrected chi connectivity index (χ2v) is 4.86. The lowest BCUT2D eigenvalue weighted by Gasteiger charge is -2.14. The maximum absolute atomic E-state index is 10.4. The summed E-state index contributed by atoms with van der Waals surface area (Å²) in [6.45, 7) is 6.34. The zero-order chi connectivity index (χ0) is 13.8. The largest absolute Gasteiger partial charge is 0.507 e. The topological polar surface area (TPSA) is 20.2 Å². The first kappa shape index (κ1) is 13.7. The molecule has 1 nitrogen and oxygen atoms in total. The van der Waals surface area contributed by atoms with E-state index in [1.54, 1.807) is 0 Å². The Morgan fingerprint density at radius 3 is 2.32 bits per heavy atom. The third kappa shape index (κ3) is 2.65. The Morgan fingerprint density at radius 2 is 1.68 bits per heavy atom. The Balaban J connectivity index is 2.58. The van der Waals surface area contributed by atoms with Gasteiger partial charge in [0, 0.05) is 5.56 Å². The molecule has 0 aliphatic carbocycles. The molecule has 1 N–H and O–H groups in total. The van der Waals surface area contributed by atoms with Crippen LogP contribution in [0.2, 0.25) is 0 Å². The van der Waals surface area contributed by atoms with E-state index >= 15 is 0 Å². The molecule has 1 heteroatoms. The van der Waals surface area contributed by atoms with E-state index in [1.165, 1.54) is 11.1 Å². The summed E-state index contributed by atoms with van der Waals surface area (Å²) in [6.07, 6.45) is 2.76. The monoisotopic (exact) mass is 254 g/mol. The smallest absolute Gasteiger partial charge is 0.122 e. The van der Waals surface area contributed by atoms with Gasteiger partial charge in [0.05, 0.1) is 0 Å². The van der Waals surface area contributed by atoms with Crippen molar-refractivity contribution in [2.45, 2.75) is 40.0 Å². The van der Waals surface area contributed by atoms with Crippen molar-refractivity contribution in [3.8, 4) is 16.9 Å². The van der Waals surface area contributed by atoms with Crippen molar-refractivity contribution in [2.75, 3.05) is 0 Å². The summed E-state index contributed by atoms with van der Waals surface area (Å²) in [7, 11) is 0. The molecule has 0 aliphatic rings. The molecule has 0 amide bonds. The number of benzene rings is 2. The van der Waals surface area contributed by atoms with Gasteiger partial charge in [-0.15, -0.1) is 0 Å². The fourth-order valence-corrected chi connectivity index (χ4v) is 2.56. The van der Waals surface area contributed by atoms with Gasteiger partial charge in [-0.3, -0.25) is 0 Å². The van der Waals surface area contributed by atoms with E-state index in [9.17, 15) is 5.11 Å². The van der Waals surface area contributed by atoms with E-state index < -0.39 is 0 Å². The molecule has 0 saturated heterocycles. The first-order chi connectivity index (χ1) is 9.21. The predicted molar refractivity (Wildman–Crippen MR) is 81.7 cm³/mol. The molecule has 0 saturated carbocycles. The Labute approximate surface area is 115 Å². The molecule has 0 atom stereocenters. The molecule has 0 aromatic heterocycles. The minimum Gasteiger partial charge on any atom is -0.507 e. The maximum atomic E-state index is 10.4. The highest BCUT2D eigenvalue weighted by molar-refractivity contribution is 5.71. The van der Waals surface area contributed by atoms with Crippen molar-refractivity contribution in [3.63, 3.8) is 0 Å². The lowest BCUT2D eigenvalue weighted by molar-refractivity contribution is 0.463. The molecule has 19 heavy (non-hydrogen) atoms. The van der Waals surface area contributed by atoms with Gasteiger partial charge in [0.25, 0.3) is 0 Å². The number of aromatic hydroxyl groups is 1. The standard InChI is InChI=1S/C18H22O/c1-4-13-8-7-9-15(12-13)17-11-10-14(5-2)18(19)16(17)6-3/h7-12,19H,4-6H2,1-3H3. The fraction of sp³-hybridized carbons (Fsp3) is 0.333. The number of hydrogen-bond acceptors (Lipinski definition) is 1. The van der Waals surface area contributed by atoms with Gasteiger partial charge in [0.15, 0.2) is 0 Å². The Kier molecular flexibility index (Phi) is 4.26. The van der Waals surface area contributed by atoms with Crippen LogP contribution in [0.4, 0.5) is 0 Å². The van der Waals surface area contributed by atoms with Crippen molar-refractivity contribution in [1.82, 2.24) is 0 Å². The van der Waals surface area contributed by atoms with Gasteiger partial charge in [-0.25, -0.2) is 0 Å². The summed E-state index contributed by atoms with van der Waals surface area (Å²) in [5.74, 6) is 0.476. The summed E-state index contributed by atoms with van der Waals surface area (Å²) in [6, 6.07) is 12.8. The first-order valence-corrected chi connectivity index (χ1v) is 7.14. The highest BCUT2D eigenvalue weighted by Crippen LogP contribution is 2.34. The van der Waals surface area contributed by atoms with Gasteiger partial charge in [0.2, 0.25) is 0 Å². The molecular formula is C18H22O.